The average Bonchev–Trinajstić information content (AvgIpc) is 2.72. The molecule has 112 valence electrons. The normalized spacial score (nSPS) is 10.5. The number of anilines is 1. The Labute approximate surface area is 132 Å². The summed E-state index contributed by atoms with van der Waals surface area (Å²) >= 11 is 11.7. The van der Waals surface area contributed by atoms with E-state index in [1.54, 1.807) is 22.9 Å². The lowest BCUT2D eigenvalue weighted by Gasteiger charge is -2.08. The third-order valence-electron chi connectivity index (χ3n) is 2.75. The van der Waals surface area contributed by atoms with Crippen LogP contribution in [0.15, 0.2) is 18.2 Å². The summed E-state index contributed by atoms with van der Waals surface area (Å²) in [6.07, 6.45) is 0. The van der Waals surface area contributed by atoms with Gasteiger partial charge in [-0.1, -0.05) is 23.2 Å². The number of hydrogen-bond donors (Lipinski definition) is 2. The Kier molecular flexibility index (Phi) is 5.03. The Morgan fingerprint density at radius 3 is 2.67 bits per heavy atom. The molecule has 0 bridgehead atoms. The molecule has 0 saturated heterocycles. The van der Waals surface area contributed by atoms with Crippen LogP contribution in [0.5, 0.6) is 0 Å². The molecule has 0 aliphatic heterocycles. The number of hydrogen-bond acceptors (Lipinski definition) is 3. The van der Waals surface area contributed by atoms with Gasteiger partial charge in [-0.3, -0.25) is 0 Å². The first kappa shape index (κ1) is 15.6. The molecule has 1 aromatic carbocycles. The van der Waals surface area contributed by atoms with Gasteiger partial charge >= 0.3 is 6.03 Å². The molecule has 1 aromatic heterocycles. The van der Waals surface area contributed by atoms with Crippen LogP contribution >= 0.6 is 23.2 Å². The first-order valence-corrected chi connectivity index (χ1v) is 7.09. The molecule has 2 rings (SSSR count). The minimum Gasteiger partial charge on any atom is -0.336 e. The molecule has 0 aliphatic rings. The molecule has 2 N–H and O–H groups in total. The number of nitrogens with zero attached hydrogens (tertiary/aromatic N) is 3. The van der Waals surface area contributed by atoms with Crippen LogP contribution in [0.3, 0.4) is 0 Å². The lowest BCUT2D eigenvalue weighted by molar-refractivity contribution is 0.251. The predicted octanol–water partition coefficient (Wildman–Crippen LogP) is 3.02. The highest BCUT2D eigenvalue weighted by Gasteiger charge is 2.05. The molecule has 21 heavy (non-hydrogen) atoms. The SMILES string of the molecule is Cc1nc(C)n(CCNC(=O)Nc2ccc(Cl)c(Cl)c2)n1. The van der Waals surface area contributed by atoms with E-state index in [9.17, 15) is 4.79 Å². The molecule has 2 aromatic rings. The fraction of sp³-hybridized carbons (Fsp3) is 0.308. The summed E-state index contributed by atoms with van der Waals surface area (Å²) < 4.78 is 1.74. The summed E-state index contributed by atoms with van der Waals surface area (Å²) in [7, 11) is 0. The minimum atomic E-state index is -0.317. The van der Waals surface area contributed by atoms with Crippen molar-refractivity contribution in [3.8, 4) is 0 Å². The van der Waals surface area contributed by atoms with Gasteiger partial charge in [0.05, 0.1) is 16.6 Å². The van der Waals surface area contributed by atoms with Crippen LogP contribution in [0.25, 0.3) is 0 Å². The second-order valence-electron chi connectivity index (χ2n) is 4.44. The van der Waals surface area contributed by atoms with Crippen LogP contribution in [0.2, 0.25) is 10.0 Å². The Hall–Kier alpha value is -1.79. The van der Waals surface area contributed by atoms with Crippen molar-refractivity contribution < 1.29 is 4.79 Å². The lowest BCUT2D eigenvalue weighted by Crippen LogP contribution is -2.31. The van der Waals surface area contributed by atoms with E-state index in [-0.39, 0.29) is 6.03 Å². The van der Waals surface area contributed by atoms with Crippen molar-refractivity contribution in [3.63, 3.8) is 0 Å². The monoisotopic (exact) mass is 327 g/mol. The Morgan fingerprint density at radius 2 is 2.05 bits per heavy atom. The lowest BCUT2D eigenvalue weighted by atomic mass is 10.3. The number of aromatic nitrogens is 3. The zero-order valence-corrected chi connectivity index (χ0v) is 13.2. The number of carbonyl (C=O) groups is 1. The van der Waals surface area contributed by atoms with Crippen LogP contribution in [-0.2, 0) is 6.54 Å². The number of benzene rings is 1. The van der Waals surface area contributed by atoms with Gasteiger partial charge in [0.15, 0.2) is 0 Å². The first-order chi connectivity index (χ1) is 9.95. The third-order valence-corrected chi connectivity index (χ3v) is 3.49. The van der Waals surface area contributed by atoms with Gasteiger partial charge in [-0.2, -0.15) is 5.10 Å². The highest BCUT2D eigenvalue weighted by atomic mass is 35.5. The van der Waals surface area contributed by atoms with Crippen LogP contribution in [0.1, 0.15) is 11.6 Å². The summed E-state index contributed by atoms with van der Waals surface area (Å²) in [5.74, 6) is 1.53. The molecule has 8 heteroatoms. The fourth-order valence-electron chi connectivity index (χ4n) is 1.80. The maximum atomic E-state index is 11.7. The quantitative estimate of drug-likeness (QED) is 0.906. The second-order valence-corrected chi connectivity index (χ2v) is 5.25. The van der Waals surface area contributed by atoms with Crippen LogP contribution in [-0.4, -0.2) is 27.3 Å². The van der Waals surface area contributed by atoms with Crippen molar-refractivity contribution >= 4 is 34.9 Å². The van der Waals surface area contributed by atoms with Crippen LogP contribution < -0.4 is 10.6 Å². The van der Waals surface area contributed by atoms with Crippen molar-refractivity contribution in [1.29, 1.82) is 0 Å². The predicted molar refractivity (Wildman–Crippen MR) is 83.0 cm³/mol. The standard InChI is InChI=1S/C13H15Cl2N5O/c1-8-17-9(2)20(19-8)6-5-16-13(21)18-10-3-4-11(14)12(15)7-10/h3-4,7H,5-6H2,1-2H3,(H2,16,18,21). The van der Waals surface area contributed by atoms with Crippen LogP contribution in [0.4, 0.5) is 10.5 Å². The zero-order chi connectivity index (χ0) is 15.4. The molecule has 0 unspecified atom stereocenters. The second kappa shape index (κ2) is 6.78. The fourth-order valence-corrected chi connectivity index (χ4v) is 2.10. The average molecular weight is 328 g/mol. The molecule has 2 amide bonds. The van der Waals surface area contributed by atoms with Gasteiger partial charge < -0.3 is 10.6 Å². The molecule has 6 nitrogen and oxygen atoms in total. The van der Waals surface area contributed by atoms with Crippen molar-refractivity contribution in [2.45, 2.75) is 20.4 Å². The Morgan fingerprint density at radius 1 is 1.29 bits per heavy atom. The Bertz CT molecular complexity index is 656. The zero-order valence-electron chi connectivity index (χ0n) is 11.7. The van der Waals surface area contributed by atoms with Crippen LogP contribution in [0, 0.1) is 13.8 Å². The maximum Gasteiger partial charge on any atom is 0.319 e. The summed E-state index contributed by atoms with van der Waals surface area (Å²) in [6.45, 7) is 4.70. The smallest absolute Gasteiger partial charge is 0.319 e. The van der Waals surface area contributed by atoms with Gasteiger partial charge in [0.2, 0.25) is 0 Å². The number of urea groups is 1. The van der Waals surface area contributed by atoms with Gasteiger partial charge in [0.1, 0.15) is 11.6 Å². The van der Waals surface area contributed by atoms with E-state index in [0.717, 1.165) is 5.82 Å². The van der Waals surface area contributed by atoms with Gasteiger partial charge in [-0.05, 0) is 32.0 Å². The first-order valence-electron chi connectivity index (χ1n) is 6.33. The Balaban J connectivity index is 1.82. The number of nitrogens with one attached hydrogen (secondary N) is 2. The molecule has 0 spiro atoms. The topological polar surface area (TPSA) is 71.8 Å². The van der Waals surface area contributed by atoms with Gasteiger partial charge in [0.25, 0.3) is 0 Å². The van der Waals surface area contributed by atoms with E-state index in [2.05, 4.69) is 20.7 Å². The molecule has 0 radical (unpaired) electrons. The molecule has 0 fully saturated rings. The van der Waals surface area contributed by atoms with Crippen molar-refractivity contribution in [1.82, 2.24) is 20.1 Å². The van der Waals surface area contributed by atoms with E-state index >= 15 is 0 Å². The highest BCUT2D eigenvalue weighted by molar-refractivity contribution is 6.42. The number of aryl methyl sites for hydroxylation is 2. The molecule has 0 atom stereocenters. The molecule has 0 aliphatic carbocycles. The van der Waals surface area contributed by atoms with Crippen molar-refractivity contribution in [2.24, 2.45) is 0 Å². The number of amides is 2. The van der Waals surface area contributed by atoms with E-state index in [1.165, 1.54) is 0 Å². The van der Waals surface area contributed by atoms with Gasteiger partial charge in [-0.15, -0.1) is 0 Å². The van der Waals surface area contributed by atoms with Crippen molar-refractivity contribution in [2.75, 3.05) is 11.9 Å². The largest absolute Gasteiger partial charge is 0.336 e. The summed E-state index contributed by atoms with van der Waals surface area (Å²) in [4.78, 5) is 15.9. The molecule has 1 heterocycles. The number of halogens is 2. The van der Waals surface area contributed by atoms with Crippen molar-refractivity contribution in [3.05, 3.63) is 39.9 Å². The van der Waals surface area contributed by atoms with Gasteiger partial charge in [-0.25, -0.2) is 14.5 Å². The third kappa shape index (κ3) is 4.34. The molecule has 0 saturated carbocycles. The molecular formula is C13H15Cl2N5O. The van der Waals surface area contributed by atoms with Gasteiger partial charge in [0, 0.05) is 12.2 Å². The number of rotatable bonds is 4. The van der Waals surface area contributed by atoms with E-state index in [1.807, 2.05) is 13.8 Å². The van der Waals surface area contributed by atoms with E-state index in [4.69, 9.17) is 23.2 Å². The van der Waals surface area contributed by atoms with E-state index in [0.29, 0.717) is 34.6 Å². The summed E-state index contributed by atoms with van der Waals surface area (Å²) in [6, 6.07) is 4.58. The summed E-state index contributed by atoms with van der Waals surface area (Å²) in [5, 5.41) is 10.5. The maximum absolute atomic E-state index is 11.7. The molecular weight excluding hydrogens is 313 g/mol. The minimum absolute atomic E-state index is 0.317. The summed E-state index contributed by atoms with van der Waals surface area (Å²) in [5.41, 5.74) is 0.578. The number of carbonyl (C=O) groups excluding carboxylic acids is 1. The highest BCUT2D eigenvalue weighted by Crippen LogP contribution is 2.24. The van der Waals surface area contributed by atoms with E-state index < -0.39 is 0 Å².